The van der Waals surface area contributed by atoms with Crippen LogP contribution < -0.4 is 16.0 Å². The highest BCUT2D eigenvalue weighted by Crippen LogP contribution is 2.13. The van der Waals surface area contributed by atoms with Gasteiger partial charge in [-0.15, -0.1) is 0 Å². The number of carboxylic acid groups (broad SMARTS) is 1. The third kappa shape index (κ3) is 6.78. The summed E-state index contributed by atoms with van der Waals surface area (Å²) in [4.78, 5) is 48.1. The number of benzene rings is 1. The van der Waals surface area contributed by atoms with E-state index in [1.54, 1.807) is 12.1 Å². The fourth-order valence-electron chi connectivity index (χ4n) is 3.13. The first-order valence-electron chi connectivity index (χ1n) is 9.56. The van der Waals surface area contributed by atoms with E-state index in [1.165, 1.54) is 12.1 Å². The quantitative estimate of drug-likeness (QED) is 0.400. The molecule has 158 valence electrons. The van der Waals surface area contributed by atoms with Crippen LogP contribution in [0.3, 0.4) is 0 Å². The van der Waals surface area contributed by atoms with E-state index < -0.39 is 35.9 Å². The maximum absolute atomic E-state index is 12.7. The Hall–Kier alpha value is -3.10. The van der Waals surface area contributed by atoms with Gasteiger partial charge in [0.25, 0.3) is 0 Å². The van der Waals surface area contributed by atoms with Gasteiger partial charge in [-0.25, -0.2) is 4.79 Å². The lowest BCUT2D eigenvalue weighted by atomic mass is 10.0. The zero-order valence-electron chi connectivity index (χ0n) is 16.5. The van der Waals surface area contributed by atoms with Gasteiger partial charge in [-0.3, -0.25) is 14.4 Å². The number of carboxylic acids is 1. The highest BCUT2D eigenvalue weighted by molar-refractivity contribution is 5.94. The second-order valence-corrected chi connectivity index (χ2v) is 7.62. The standard InChI is InChI=1S/C20H27N3O6/c1-11(2)9-15(22-18(26)14-7-8-17(25)21-14)19(27)23-16(20(28)29)10-12-3-5-13(24)6-4-12/h3-6,11,14-16,24H,7-10H2,1-2H3,(H,21,25)(H,22,26)(H,23,27)(H,28,29)/t14-,15-,16-/m0/s1. The number of aromatic hydroxyl groups is 1. The highest BCUT2D eigenvalue weighted by Gasteiger charge is 2.32. The van der Waals surface area contributed by atoms with Crippen LogP contribution >= 0.6 is 0 Å². The van der Waals surface area contributed by atoms with Crippen LogP contribution in [0.15, 0.2) is 24.3 Å². The SMILES string of the molecule is CC(C)C[C@H](NC(=O)[C@@H]1CCC(=O)N1)C(=O)N[C@@H](Cc1ccc(O)cc1)C(=O)O. The van der Waals surface area contributed by atoms with Gasteiger partial charge in [0.2, 0.25) is 17.7 Å². The Morgan fingerprint density at radius 1 is 1.14 bits per heavy atom. The minimum absolute atomic E-state index is 0.0301. The van der Waals surface area contributed by atoms with Crippen molar-refractivity contribution in [2.45, 2.75) is 57.7 Å². The van der Waals surface area contributed by atoms with Gasteiger partial charge >= 0.3 is 5.97 Å². The molecule has 1 heterocycles. The number of hydrogen-bond acceptors (Lipinski definition) is 5. The molecule has 1 aromatic carbocycles. The minimum Gasteiger partial charge on any atom is -0.508 e. The molecule has 2 rings (SSSR count). The van der Waals surface area contributed by atoms with Gasteiger partial charge in [0, 0.05) is 12.8 Å². The molecule has 0 spiro atoms. The van der Waals surface area contributed by atoms with Gasteiger partial charge in [0.15, 0.2) is 0 Å². The monoisotopic (exact) mass is 405 g/mol. The van der Waals surface area contributed by atoms with E-state index in [4.69, 9.17) is 0 Å². The Labute approximate surface area is 168 Å². The molecular weight excluding hydrogens is 378 g/mol. The number of rotatable bonds is 9. The summed E-state index contributed by atoms with van der Waals surface area (Å²) in [6, 6.07) is 3.24. The number of carbonyl (C=O) groups excluding carboxylic acids is 3. The predicted octanol–water partition coefficient (Wildman–Crippen LogP) is 0.314. The third-order valence-electron chi connectivity index (χ3n) is 4.64. The lowest BCUT2D eigenvalue weighted by Crippen LogP contribution is -2.55. The number of amides is 3. The van der Waals surface area contributed by atoms with Crippen LogP contribution in [0.25, 0.3) is 0 Å². The molecule has 1 aromatic rings. The molecule has 29 heavy (non-hydrogen) atoms. The van der Waals surface area contributed by atoms with Crippen molar-refractivity contribution in [3.63, 3.8) is 0 Å². The summed E-state index contributed by atoms with van der Waals surface area (Å²) in [6.45, 7) is 3.77. The largest absolute Gasteiger partial charge is 0.508 e. The number of hydrogen-bond donors (Lipinski definition) is 5. The zero-order chi connectivity index (χ0) is 21.6. The molecule has 9 heteroatoms. The summed E-state index contributed by atoms with van der Waals surface area (Å²) < 4.78 is 0. The average Bonchev–Trinajstić information content (AvgIpc) is 3.08. The maximum atomic E-state index is 12.7. The zero-order valence-corrected chi connectivity index (χ0v) is 16.5. The van der Waals surface area contributed by atoms with Crippen molar-refractivity contribution in [3.8, 4) is 5.75 Å². The van der Waals surface area contributed by atoms with Gasteiger partial charge in [-0.1, -0.05) is 26.0 Å². The lowest BCUT2D eigenvalue weighted by Gasteiger charge is -2.24. The van der Waals surface area contributed by atoms with E-state index in [0.29, 0.717) is 18.4 Å². The number of carbonyl (C=O) groups is 4. The summed E-state index contributed by atoms with van der Waals surface area (Å²) >= 11 is 0. The lowest BCUT2D eigenvalue weighted by molar-refractivity contribution is -0.142. The van der Waals surface area contributed by atoms with E-state index >= 15 is 0 Å². The van der Waals surface area contributed by atoms with Gasteiger partial charge in [-0.05, 0) is 36.5 Å². The summed E-state index contributed by atoms with van der Waals surface area (Å²) in [6.07, 6.45) is 0.971. The minimum atomic E-state index is -1.20. The molecule has 9 nitrogen and oxygen atoms in total. The summed E-state index contributed by atoms with van der Waals surface area (Å²) in [7, 11) is 0. The van der Waals surface area contributed by atoms with Crippen LogP contribution in [0, 0.1) is 5.92 Å². The molecule has 0 radical (unpaired) electrons. The number of aliphatic carboxylic acids is 1. The Bertz CT molecular complexity index is 762. The average molecular weight is 405 g/mol. The summed E-state index contributed by atoms with van der Waals surface area (Å²) in [5.41, 5.74) is 0.633. The van der Waals surface area contributed by atoms with Crippen LogP contribution in [-0.4, -0.2) is 52.0 Å². The van der Waals surface area contributed by atoms with Gasteiger partial charge < -0.3 is 26.2 Å². The van der Waals surface area contributed by atoms with Crippen molar-refractivity contribution < 1.29 is 29.4 Å². The van der Waals surface area contributed by atoms with Crippen LogP contribution in [0.2, 0.25) is 0 Å². The van der Waals surface area contributed by atoms with E-state index in [-0.39, 0.29) is 30.4 Å². The molecule has 1 aliphatic heterocycles. The van der Waals surface area contributed by atoms with Crippen molar-refractivity contribution in [2.75, 3.05) is 0 Å². The fraction of sp³-hybridized carbons (Fsp3) is 0.500. The van der Waals surface area contributed by atoms with Crippen molar-refractivity contribution in [1.29, 1.82) is 0 Å². The van der Waals surface area contributed by atoms with E-state index in [1.807, 2.05) is 13.8 Å². The molecule has 3 atom stereocenters. The molecule has 1 fully saturated rings. The second-order valence-electron chi connectivity index (χ2n) is 7.62. The van der Waals surface area contributed by atoms with Crippen molar-refractivity contribution in [2.24, 2.45) is 5.92 Å². The van der Waals surface area contributed by atoms with E-state index in [2.05, 4.69) is 16.0 Å². The number of phenols is 1. The van der Waals surface area contributed by atoms with E-state index in [9.17, 15) is 29.4 Å². The third-order valence-corrected chi connectivity index (χ3v) is 4.64. The summed E-state index contributed by atoms with van der Waals surface area (Å²) in [5.74, 6) is -2.34. The van der Waals surface area contributed by atoms with Crippen LogP contribution in [0.4, 0.5) is 0 Å². The fourth-order valence-corrected chi connectivity index (χ4v) is 3.13. The molecule has 0 saturated carbocycles. The Morgan fingerprint density at radius 3 is 2.31 bits per heavy atom. The van der Waals surface area contributed by atoms with Crippen molar-refractivity contribution in [3.05, 3.63) is 29.8 Å². The molecule has 3 amide bonds. The second kappa shape index (κ2) is 9.90. The van der Waals surface area contributed by atoms with Crippen LogP contribution in [0.5, 0.6) is 5.75 Å². The normalized spacial score (nSPS) is 18.0. The maximum Gasteiger partial charge on any atom is 0.326 e. The number of nitrogens with one attached hydrogen (secondary N) is 3. The number of phenolic OH excluding ortho intramolecular Hbond substituents is 1. The highest BCUT2D eigenvalue weighted by atomic mass is 16.4. The van der Waals surface area contributed by atoms with Crippen LogP contribution in [-0.2, 0) is 25.6 Å². The predicted molar refractivity (Wildman–Crippen MR) is 104 cm³/mol. The molecule has 1 saturated heterocycles. The van der Waals surface area contributed by atoms with Gasteiger partial charge in [0.1, 0.15) is 23.9 Å². The van der Waals surface area contributed by atoms with Crippen molar-refractivity contribution in [1.82, 2.24) is 16.0 Å². The molecule has 0 bridgehead atoms. The first kappa shape index (κ1) is 22.2. The van der Waals surface area contributed by atoms with Crippen molar-refractivity contribution >= 4 is 23.7 Å². The smallest absolute Gasteiger partial charge is 0.326 e. The molecule has 0 aliphatic carbocycles. The first-order chi connectivity index (χ1) is 13.7. The Morgan fingerprint density at radius 2 is 1.79 bits per heavy atom. The van der Waals surface area contributed by atoms with Gasteiger partial charge in [-0.2, -0.15) is 0 Å². The Kier molecular flexibility index (Phi) is 7.58. The molecule has 0 aromatic heterocycles. The van der Waals surface area contributed by atoms with Crippen LogP contribution in [0.1, 0.15) is 38.7 Å². The first-order valence-corrected chi connectivity index (χ1v) is 9.56. The molecule has 5 N–H and O–H groups in total. The Balaban J connectivity index is 2.05. The van der Waals surface area contributed by atoms with E-state index in [0.717, 1.165) is 0 Å². The topological polar surface area (TPSA) is 145 Å². The molecule has 0 unspecified atom stereocenters. The molecule has 1 aliphatic rings. The molecular formula is C20H27N3O6. The summed E-state index contributed by atoms with van der Waals surface area (Å²) in [5, 5.41) is 26.5. The van der Waals surface area contributed by atoms with Gasteiger partial charge in [0.05, 0.1) is 0 Å².